The van der Waals surface area contributed by atoms with E-state index in [0.717, 1.165) is 6.42 Å². The van der Waals surface area contributed by atoms with Crippen molar-refractivity contribution in [3.8, 4) is 0 Å². The van der Waals surface area contributed by atoms with Crippen molar-refractivity contribution >= 4 is 29.2 Å². The molecule has 0 aliphatic heterocycles. The Balaban J connectivity index is 3.02. The number of carbonyl (C=O) groups is 2. The number of likely N-dealkylation sites (N-methyl/N-ethyl adjacent to an activating group) is 1. The van der Waals surface area contributed by atoms with Gasteiger partial charge >= 0.3 is 5.97 Å². The number of nitrogens with zero attached hydrogens (tertiary/aromatic N) is 2. The summed E-state index contributed by atoms with van der Waals surface area (Å²) in [6, 6.07) is 4.54. The van der Waals surface area contributed by atoms with Gasteiger partial charge in [0.05, 0.1) is 22.8 Å². The van der Waals surface area contributed by atoms with Crippen LogP contribution in [0.3, 0.4) is 0 Å². The molecule has 1 rings (SSSR count). The quantitative estimate of drug-likeness (QED) is 0.876. The molecule has 1 aromatic rings. The van der Waals surface area contributed by atoms with E-state index in [-0.39, 0.29) is 18.0 Å². The van der Waals surface area contributed by atoms with Crippen LogP contribution < -0.4 is 4.90 Å². The number of carboxylic acid groups (broad SMARTS) is 1. The minimum Gasteiger partial charge on any atom is -0.478 e. The second-order valence-electron chi connectivity index (χ2n) is 4.68. The van der Waals surface area contributed by atoms with Crippen molar-refractivity contribution in [2.75, 3.05) is 32.1 Å². The first-order valence-corrected chi connectivity index (χ1v) is 6.72. The van der Waals surface area contributed by atoms with E-state index in [2.05, 4.69) is 0 Å². The Morgan fingerprint density at radius 3 is 2.40 bits per heavy atom. The van der Waals surface area contributed by atoms with Crippen LogP contribution in [0.1, 0.15) is 23.7 Å². The van der Waals surface area contributed by atoms with E-state index in [1.165, 1.54) is 17.0 Å². The lowest BCUT2D eigenvalue weighted by Gasteiger charge is -2.26. The van der Waals surface area contributed by atoms with Gasteiger partial charge < -0.3 is 14.9 Å². The second kappa shape index (κ2) is 7.14. The highest BCUT2D eigenvalue weighted by Crippen LogP contribution is 2.27. The fraction of sp³-hybridized carbons (Fsp3) is 0.429. The summed E-state index contributed by atoms with van der Waals surface area (Å²) in [6.07, 6.45) is 0.859. The summed E-state index contributed by atoms with van der Waals surface area (Å²) in [5.74, 6) is -1.05. The molecule has 0 bridgehead atoms. The van der Waals surface area contributed by atoms with E-state index in [1.807, 2.05) is 11.8 Å². The molecule has 6 heteroatoms. The average molecular weight is 299 g/mol. The van der Waals surface area contributed by atoms with E-state index >= 15 is 0 Å². The summed E-state index contributed by atoms with van der Waals surface area (Å²) in [5, 5.41) is 9.27. The number of aromatic carboxylic acids is 1. The fourth-order valence-electron chi connectivity index (χ4n) is 1.76. The number of hydrogen-bond donors (Lipinski definition) is 1. The highest BCUT2D eigenvalue weighted by Gasteiger charge is 2.16. The van der Waals surface area contributed by atoms with E-state index in [0.29, 0.717) is 17.3 Å². The maximum atomic E-state index is 11.8. The summed E-state index contributed by atoms with van der Waals surface area (Å²) in [4.78, 5) is 26.1. The van der Waals surface area contributed by atoms with Gasteiger partial charge in [0.2, 0.25) is 5.91 Å². The van der Waals surface area contributed by atoms with Gasteiger partial charge in [0.1, 0.15) is 0 Å². The Morgan fingerprint density at radius 1 is 1.30 bits per heavy atom. The van der Waals surface area contributed by atoms with Crippen molar-refractivity contribution in [2.24, 2.45) is 0 Å². The first-order chi connectivity index (χ1) is 9.36. The fourth-order valence-corrected chi connectivity index (χ4v) is 2.06. The van der Waals surface area contributed by atoms with Gasteiger partial charge in [0.25, 0.3) is 0 Å². The zero-order valence-electron chi connectivity index (χ0n) is 11.9. The number of benzene rings is 1. The first kappa shape index (κ1) is 16.3. The molecule has 5 nitrogen and oxygen atoms in total. The SMILES string of the molecule is CCCN(CC(=O)N(C)C)c1ccc(C(=O)O)cc1Cl. The molecule has 0 atom stereocenters. The predicted octanol–water partition coefficient (Wildman–Crippen LogP) is 2.34. The topological polar surface area (TPSA) is 60.9 Å². The summed E-state index contributed by atoms with van der Waals surface area (Å²) >= 11 is 6.14. The van der Waals surface area contributed by atoms with Crippen LogP contribution in [0.2, 0.25) is 5.02 Å². The van der Waals surface area contributed by atoms with Gasteiger partial charge in [-0.05, 0) is 24.6 Å². The number of carbonyl (C=O) groups excluding carboxylic acids is 1. The molecule has 110 valence electrons. The third-order valence-electron chi connectivity index (χ3n) is 2.85. The molecule has 20 heavy (non-hydrogen) atoms. The lowest BCUT2D eigenvalue weighted by molar-refractivity contribution is -0.127. The lowest BCUT2D eigenvalue weighted by Crippen LogP contribution is -2.37. The molecular weight excluding hydrogens is 280 g/mol. The van der Waals surface area contributed by atoms with Crippen molar-refractivity contribution in [1.29, 1.82) is 0 Å². The van der Waals surface area contributed by atoms with Crippen molar-refractivity contribution in [1.82, 2.24) is 4.90 Å². The average Bonchev–Trinajstić information content (AvgIpc) is 2.37. The minimum atomic E-state index is -1.02. The minimum absolute atomic E-state index is 0.0307. The van der Waals surface area contributed by atoms with Crippen LogP contribution >= 0.6 is 11.6 Å². The lowest BCUT2D eigenvalue weighted by atomic mass is 10.2. The van der Waals surface area contributed by atoms with Crippen molar-refractivity contribution < 1.29 is 14.7 Å². The van der Waals surface area contributed by atoms with Gasteiger partial charge in [-0.2, -0.15) is 0 Å². The third kappa shape index (κ3) is 4.13. The molecular formula is C14H19ClN2O3. The van der Waals surface area contributed by atoms with E-state index in [1.54, 1.807) is 20.2 Å². The Morgan fingerprint density at radius 2 is 1.95 bits per heavy atom. The molecule has 0 fully saturated rings. The zero-order valence-corrected chi connectivity index (χ0v) is 12.6. The highest BCUT2D eigenvalue weighted by atomic mass is 35.5. The molecule has 0 heterocycles. The number of hydrogen-bond acceptors (Lipinski definition) is 3. The number of anilines is 1. The molecule has 0 aliphatic carbocycles. The monoisotopic (exact) mass is 298 g/mol. The molecule has 1 amide bonds. The van der Waals surface area contributed by atoms with E-state index < -0.39 is 5.97 Å². The molecule has 1 aromatic carbocycles. The number of amides is 1. The molecule has 0 unspecified atom stereocenters. The molecule has 0 radical (unpaired) electrons. The van der Waals surface area contributed by atoms with Crippen LogP contribution in [0.25, 0.3) is 0 Å². The second-order valence-corrected chi connectivity index (χ2v) is 5.09. The van der Waals surface area contributed by atoms with Gasteiger partial charge in [0.15, 0.2) is 0 Å². The van der Waals surface area contributed by atoms with Crippen molar-refractivity contribution in [2.45, 2.75) is 13.3 Å². The van der Waals surface area contributed by atoms with Crippen molar-refractivity contribution in [3.05, 3.63) is 28.8 Å². The number of carboxylic acids is 1. The Bertz CT molecular complexity index is 503. The standard InChI is InChI=1S/C14H19ClN2O3/c1-4-7-17(9-13(18)16(2)3)12-6-5-10(14(19)20)8-11(12)15/h5-6,8H,4,7,9H2,1-3H3,(H,19,20). The number of halogens is 1. The maximum Gasteiger partial charge on any atom is 0.335 e. The molecule has 0 saturated carbocycles. The van der Waals surface area contributed by atoms with E-state index in [4.69, 9.17) is 16.7 Å². The molecule has 1 N–H and O–H groups in total. The normalized spacial score (nSPS) is 10.2. The van der Waals surface area contributed by atoms with Crippen LogP contribution in [0.15, 0.2) is 18.2 Å². The van der Waals surface area contributed by atoms with Crippen molar-refractivity contribution in [3.63, 3.8) is 0 Å². The van der Waals surface area contributed by atoms with Gasteiger partial charge in [-0.3, -0.25) is 4.79 Å². The van der Waals surface area contributed by atoms with Crippen LogP contribution in [0, 0.1) is 0 Å². The molecule has 0 aromatic heterocycles. The molecule has 0 spiro atoms. The Labute approximate surface area is 123 Å². The summed E-state index contributed by atoms with van der Waals surface area (Å²) in [6.45, 7) is 2.89. The van der Waals surface area contributed by atoms with Gasteiger partial charge in [0, 0.05) is 20.6 Å². The Hall–Kier alpha value is -1.75. The van der Waals surface area contributed by atoms with Crippen LogP contribution in [0.4, 0.5) is 5.69 Å². The zero-order chi connectivity index (χ0) is 15.3. The van der Waals surface area contributed by atoms with Crippen LogP contribution in [0.5, 0.6) is 0 Å². The summed E-state index contributed by atoms with van der Waals surface area (Å²) in [5.41, 5.74) is 0.808. The van der Waals surface area contributed by atoms with Gasteiger partial charge in [-0.1, -0.05) is 18.5 Å². The molecule has 0 saturated heterocycles. The van der Waals surface area contributed by atoms with Crippen LogP contribution in [-0.2, 0) is 4.79 Å². The van der Waals surface area contributed by atoms with Gasteiger partial charge in [-0.25, -0.2) is 4.79 Å². The molecule has 0 aliphatic rings. The smallest absolute Gasteiger partial charge is 0.335 e. The third-order valence-corrected chi connectivity index (χ3v) is 3.16. The Kier molecular flexibility index (Phi) is 5.82. The van der Waals surface area contributed by atoms with Gasteiger partial charge in [-0.15, -0.1) is 0 Å². The highest BCUT2D eigenvalue weighted by molar-refractivity contribution is 6.33. The maximum absolute atomic E-state index is 11.8. The number of rotatable bonds is 6. The summed E-state index contributed by atoms with van der Waals surface area (Å²) < 4.78 is 0. The summed E-state index contributed by atoms with van der Waals surface area (Å²) in [7, 11) is 3.39. The largest absolute Gasteiger partial charge is 0.478 e. The first-order valence-electron chi connectivity index (χ1n) is 6.34. The van der Waals surface area contributed by atoms with Crippen LogP contribution in [-0.4, -0.2) is 49.1 Å². The van der Waals surface area contributed by atoms with E-state index in [9.17, 15) is 9.59 Å². The predicted molar refractivity (Wildman–Crippen MR) is 79.6 cm³/mol.